The van der Waals surface area contributed by atoms with Crippen LogP contribution in [0.3, 0.4) is 0 Å². The number of rotatable bonds is 3. The van der Waals surface area contributed by atoms with Crippen LogP contribution in [0.25, 0.3) is 22.1 Å². The molecule has 4 heterocycles. The van der Waals surface area contributed by atoms with Crippen LogP contribution in [0.5, 0.6) is 0 Å². The molecule has 132 valence electrons. The van der Waals surface area contributed by atoms with Crippen molar-refractivity contribution in [2.75, 3.05) is 13.1 Å². The van der Waals surface area contributed by atoms with Gasteiger partial charge < -0.3 is 4.57 Å². The molecule has 6 heteroatoms. The van der Waals surface area contributed by atoms with E-state index in [4.69, 9.17) is 9.97 Å². The number of fused-ring (bicyclic) bond motifs is 2. The predicted octanol–water partition coefficient (Wildman–Crippen LogP) is 3.22. The number of nitrogens with one attached hydrogen (secondary N) is 1. The van der Waals surface area contributed by atoms with E-state index < -0.39 is 0 Å². The highest BCUT2D eigenvalue weighted by atomic mass is 15.2. The molecule has 4 aromatic rings. The Hall–Kier alpha value is -2.73. The lowest BCUT2D eigenvalue weighted by Gasteiger charge is -2.32. The number of aromatic nitrogens is 5. The molecular weight excluding hydrogens is 324 g/mol. The zero-order valence-corrected chi connectivity index (χ0v) is 14.9. The van der Waals surface area contributed by atoms with Crippen molar-refractivity contribution in [1.82, 2.24) is 29.6 Å². The van der Waals surface area contributed by atoms with Crippen LogP contribution in [0.2, 0.25) is 0 Å². The minimum atomic E-state index is 0.464. The second-order valence-corrected chi connectivity index (χ2v) is 7.19. The van der Waals surface area contributed by atoms with Crippen molar-refractivity contribution >= 4 is 22.1 Å². The highest BCUT2D eigenvalue weighted by Gasteiger charge is 2.24. The average molecular weight is 346 g/mol. The SMILES string of the molecule is Cn1c(CN2CCC[C@H](c3ccc4cn[nH]c4n3)C2)nc2ccccc21. The van der Waals surface area contributed by atoms with E-state index in [0.717, 1.165) is 47.7 Å². The fourth-order valence-corrected chi connectivity index (χ4v) is 4.05. The Kier molecular flexibility index (Phi) is 3.71. The van der Waals surface area contributed by atoms with E-state index in [9.17, 15) is 0 Å². The molecule has 1 aliphatic rings. The van der Waals surface area contributed by atoms with Crippen LogP contribution in [0.15, 0.2) is 42.6 Å². The topological polar surface area (TPSA) is 62.6 Å². The van der Waals surface area contributed by atoms with Crippen LogP contribution in [0, 0.1) is 0 Å². The van der Waals surface area contributed by atoms with Gasteiger partial charge in [-0.15, -0.1) is 0 Å². The number of para-hydroxylation sites is 2. The summed E-state index contributed by atoms with van der Waals surface area (Å²) in [4.78, 5) is 12.1. The van der Waals surface area contributed by atoms with Gasteiger partial charge in [0.25, 0.3) is 0 Å². The molecule has 0 amide bonds. The van der Waals surface area contributed by atoms with E-state index in [1.165, 1.54) is 18.4 Å². The first kappa shape index (κ1) is 15.5. The molecule has 0 radical (unpaired) electrons. The quantitative estimate of drug-likeness (QED) is 0.619. The molecule has 1 saturated heterocycles. The third kappa shape index (κ3) is 2.66. The van der Waals surface area contributed by atoms with Crippen molar-refractivity contribution in [3.05, 3.63) is 54.1 Å². The number of H-pyrrole nitrogens is 1. The van der Waals surface area contributed by atoms with Crippen molar-refractivity contribution in [3.63, 3.8) is 0 Å². The summed E-state index contributed by atoms with van der Waals surface area (Å²) in [5, 5.41) is 8.13. The minimum Gasteiger partial charge on any atom is -0.330 e. The van der Waals surface area contributed by atoms with Crippen molar-refractivity contribution in [2.45, 2.75) is 25.3 Å². The van der Waals surface area contributed by atoms with Crippen molar-refractivity contribution < 1.29 is 0 Å². The maximum Gasteiger partial charge on any atom is 0.155 e. The van der Waals surface area contributed by atoms with Crippen LogP contribution in [-0.2, 0) is 13.6 Å². The molecule has 6 nitrogen and oxygen atoms in total. The van der Waals surface area contributed by atoms with Crippen LogP contribution in [-0.4, -0.2) is 42.7 Å². The minimum absolute atomic E-state index is 0.464. The third-order valence-electron chi connectivity index (χ3n) is 5.49. The van der Waals surface area contributed by atoms with E-state index in [1.54, 1.807) is 0 Å². The van der Waals surface area contributed by atoms with E-state index in [2.05, 4.69) is 57.0 Å². The first-order chi connectivity index (χ1) is 12.8. The molecule has 0 unspecified atom stereocenters. The highest BCUT2D eigenvalue weighted by molar-refractivity contribution is 5.75. The van der Waals surface area contributed by atoms with Crippen LogP contribution < -0.4 is 0 Å². The van der Waals surface area contributed by atoms with Gasteiger partial charge in [-0.1, -0.05) is 12.1 Å². The first-order valence-corrected chi connectivity index (χ1v) is 9.20. The highest BCUT2D eigenvalue weighted by Crippen LogP contribution is 2.28. The van der Waals surface area contributed by atoms with Gasteiger partial charge >= 0.3 is 0 Å². The Morgan fingerprint density at radius 3 is 3.00 bits per heavy atom. The van der Waals surface area contributed by atoms with Gasteiger partial charge in [0.05, 0.1) is 23.8 Å². The molecule has 1 aliphatic heterocycles. The van der Waals surface area contributed by atoms with Crippen molar-refractivity contribution in [2.24, 2.45) is 7.05 Å². The first-order valence-electron chi connectivity index (χ1n) is 9.20. The fourth-order valence-electron chi connectivity index (χ4n) is 4.05. The standard InChI is InChI=1S/C20H22N6/c1-25-18-7-3-2-6-17(18)22-19(25)13-26-10-4-5-15(12-26)16-9-8-14-11-21-24-20(14)23-16/h2-3,6-9,11,15H,4-5,10,12-13H2,1H3,(H,21,23,24)/t15-/m0/s1. The molecular formula is C20H22N6. The molecule has 5 rings (SSSR count). The van der Waals surface area contributed by atoms with Crippen LogP contribution in [0.1, 0.15) is 30.3 Å². The van der Waals surface area contributed by atoms with E-state index in [1.807, 2.05) is 12.3 Å². The second kappa shape index (κ2) is 6.21. The Bertz CT molecular complexity index is 1060. The molecule has 0 spiro atoms. The molecule has 0 bridgehead atoms. The van der Waals surface area contributed by atoms with E-state index in [-0.39, 0.29) is 0 Å². The summed E-state index contributed by atoms with van der Waals surface area (Å²) in [5.74, 6) is 1.59. The van der Waals surface area contributed by atoms with Gasteiger partial charge in [-0.3, -0.25) is 10.00 Å². The lowest BCUT2D eigenvalue weighted by atomic mass is 9.94. The largest absolute Gasteiger partial charge is 0.330 e. The molecule has 1 N–H and O–H groups in total. The Morgan fingerprint density at radius 1 is 1.15 bits per heavy atom. The van der Waals surface area contributed by atoms with Gasteiger partial charge in [0.15, 0.2) is 5.65 Å². The number of nitrogens with zero attached hydrogens (tertiary/aromatic N) is 5. The number of aryl methyl sites for hydroxylation is 1. The lowest BCUT2D eigenvalue weighted by Crippen LogP contribution is -2.34. The third-order valence-corrected chi connectivity index (χ3v) is 5.49. The zero-order valence-electron chi connectivity index (χ0n) is 14.9. The molecule has 0 aliphatic carbocycles. The summed E-state index contributed by atoms with van der Waals surface area (Å²) in [6.07, 6.45) is 4.20. The molecule has 26 heavy (non-hydrogen) atoms. The maximum absolute atomic E-state index is 4.83. The summed E-state index contributed by atoms with van der Waals surface area (Å²) in [6, 6.07) is 12.6. The number of likely N-dealkylation sites (tertiary alicyclic amines) is 1. The average Bonchev–Trinajstić information content (AvgIpc) is 3.27. The molecule has 1 aromatic carbocycles. The summed E-state index contributed by atoms with van der Waals surface area (Å²) < 4.78 is 2.22. The Morgan fingerprint density at radius 2 is 2.08 bits per heavy atom. The maximum atomic E-state index is 4.83. The number of hydrogen-bond donors (Lipinski definition) is 1. The molecule has 0 saturated carbocycles. The number of pyridine rings is 1. The summed E-state index contributed by atoms with van der Waals surface area (Å²) >= 11 is 0. The zero-order chi connectivity index (χ0) is 17.5. The van der Waals surface area contributed by atoms with Gasteiger partial charge in [0, 0.05) is 30.6 Å². The normalized spacial score (nSPS) is 18.7. The monoisotopic (exact) mass is 346 g/mol. The fraction of sp³-hybridized carbons (Fsp3) is 0.350. The Balaban J connectivity index is 1.37. The number of aromatic amines is 1. The second-order valence-electron chi connectivity index (χ2n) is 7.19. The van der Waals surface area contributed by atoms with Crippen LogP contribution >= 0.6 is 0 Å². The van der Waals surface area contributed by atoms with Gasteiger partial charge in [-0.25, -0.2) is 9.97 Å². The van der Waals surface area contributed by atoms with Gasteiger partial charge in [-0.05, 0) is 43.7 Å². The van der Waals surface area contributed by atoms with Gasteiger partial charge in [-0.2, -0.15) is 5.10 Å². The Labute approximate surface area is 151 Å². The number of benzene rings is 1. The molecule has 1 fully saturated rings. The van der Waals surface area contributed by atoms with Crippen molar-refractivity contribution in [1.29, 1.82) is 0 Å². The molecule has 3 aromatic heterocycles. The van der Waals surface area contributed by atoms with Crippen molar-refractivity contribution in [3.8, 4) is 0 Å². The van der Waals surface area contributed by atoms with E-state index in [0.29, 0.717) is 5.92 Å². The number of imidazole rings is 1. The van der Waals surface area contributed by atoms with Gasteiger partial charge in [0.2, 0.25) is 0 Å². The van der Waals surface area contributed by atoms with Gasteiger partial charge in [0.1, 0.15) is 5.82 Å². The van der Waals surface area contributed by atoms with E-state index >= 15 is 0 Å². The number of hydrogen-bond acceptors (Lipinski definition) is 4. The number of piperidine rings is 1. The smallest absolute Gasteiger partial charge is 0.155 e. The van der Waals surface area contributed by atoms with Crippen LogP contribution in [0.4, 0.5) is 0 Å². The lowest BCUT2D eigenvalue weighted by molar-refractivity contribution is 0.193. The summed E-state index contributed by atoms with van der Waals surface area (Å²) in [7, 11) is 2.11. The summed E-state index contributed by atoms with van der Waals surface area (Å²) in [5.41, 5.74) is 4.32. The molecule has 1 atom stereocenters. The predicted molar refractivity (Wildman–Crippen MR) is 102 cm³/mol. The summed E-state index contributed by atoms with van der Waals surface area (Å²) in [6.45, 7) is 3.02.